The molecule has 0 bridgehead atoms. The largest absolute Gasteiger partial charge is 0.497 e. The van der Waals surface area contributed by atoms with Crippen LogP contribution < -0.4 is 10.1 Å². The molecular formula is C22H22IN3O5. The first-order chi connectivity index (χ1) is 14.9. The summed E-state index contributed by atoms with van der Waals surface area (Å²) in [5, 5.41) is 15.2. The molecule has 9 heteroatoms. The molecule has 2 unspecified atom stereocenters. The second-order valence-electron chi connectivity index (χ2n) is 7.54. The lowest BCUT2D eigenvalue weighted by Gasteiger charge is -2.36. The molecule has 0 aliphatic carbocycles. The quantitative estimate of drug-likeness (QED) is 0.164. The van der Waals surface area contributed by atoms with Gasteiger partial charge in [-0.15, -0.1) is 0 Å². The van der Waals surface area contributed by atoms with E-state index >= 15 is 0 Å². The summed E-state index contributed by atoms with van der Waals surface area (Å²) in [6.07, 6.45) is 3.08. The Bertz CT molecular complexity index is 1100. The molecule has 2 heterocycles. The van der Waals surface area contributed by atoms with E-state index in [1.54, 1.807) is 13.2 Å². The van der Waals surface area contributed by atoms with Crippen LogP contribution in [0.1, 0.15) is 29.0 Å². The lowest BCUT2D eigenvalue weighted by Crippen LogP contribution is -2.47. The molecule has 1 aliphatic rings. The second-order valence-corrected chi connectivity index (χ2v) is 8.98. The number of methoxy groups -OCH3 is 1. The minimum atomic E-state index is -0.479. The highest BCUT2D eigenvalue weighted by Gasteiger charge is 2.29. The third-order valence-corrected chi connectivity index (χ3v) is 6.82. The Hall–Kier alpha value is -2.66. The van der Waals surface area contributed by atoms with Crippen LogP contribution in [-0.2, 0) is 6.54 Å². The molecule has 1 N–H and O–H groups in total. The van der Waals surface area contributed by atoms with Gasteiger partial charge in [-0.3, -0.25) is 19.8 Å². The topological polar surface area (TPSA) is 97.8 Å². The highest BCUT2D eigenvalue weighted by atomic mass is 127. The highest BCUT2D eigenvalue weighted by Crippen LogP contribution is 2.28. The number of likely N-dealkylation sites (tertiary alicyclic amines) is 1. The summed E-state index contributed by atoms with van der Waals surface area (Å²) < 4.78 is 10.9. The molecule has 1 aromatic heterocycles. The number of fused-ring (bicyclic) bond motifs is 1. The third-order valence-electron chi connectivity index (χ3n) is 5.52. The van der Waals surface area contributed by atoms with Gasteiger partial charge in [0.25, 0.3) is 11.6 Å². The number of non-ortho nitro benzene ring substituents is 1. The Morgan fingerprint density at radius 2 is 2.10 bits per heavy atom. The van der Waals surface area contributed by atoms with Gasteiger partial charge in [0.2, 0.25) is 0 Å². The average molecular weight is 535 g/mol. The average Bonchev–Trinajstić information content (AvgIpc) is 3.19. The number of rotatable bonds is 6. The Morgan fingerprint density at radius 3 is 2.77 bits per heavy atom. The number of halogens is 1. The Labute approximate surface area is 192 Å². The number of nitrogens with zero attached hydrogens (tertiary/aromatic N) is 2. The van der Waals surface area contributed by atoms with Crippen LogP contribution in [0.4, 0.5) is 5.69 Å². The van der Waals surface area contributed by atoms with Crippen LogP contribution >= 0.6 is 22.6 Å². The number of nitro groups is 1. The normalized spacial score (nSPS) is 19.3. The first kappa shape index (κ1) is 21.6. The maximum absolute atomic E-state index is 12.8. The van der Waals surface area contributed by atoms with E-state index in [1.807, 2.05) is 12.1 Å². The van der Waals surface area contributed by atoms with Crippen molar-refractivity contribution in [3.8, 4) is 5.75 Å². The zero-order chi connectivity index (χ0) is 22.0. The number of amides is 1. The molecule has 0 spiro atoms. The van der Waals surface area contributed by atoms with Crippen molar-refractivity contribution in [2.24, 2.45) is 0 Å². The van der Waals surface area contributed by atoms with E-state index in [4.69, 9.17) is 9.15 Å². The molecule has 1 amide bonds. The van der Waals surface area contributed by atoms with Crippen LogP contribution in [0.5, 0.6) is 5.75 Å². The number of nitro benzene ring substituents is 1. The van der Waals surface area contributed by atoms with E-state index in [9.17, 15) is 14.9 Å². The van der Waals surface area contributed by atoms with Crippen molar-refractivity contribution in [1.29, 1.82) is 0 Å². The molecule has 1 fully saturated rings. The maximum Gasteiger partial charge on any atom is 0.287 e. The number of carbonyl (C=O) groups is 1. The molecule has 2 aromatic carbocycles. The van der Waals surface area contributed by atoms with Crippen molar-refractivity contribution in [3.05, 3.63) is 70.2 Å². The van der Waals surface area contributed by atoms with E-state index in [0.29, 0.717) is 10.8 Å². The van der Waals surface area contributed by atoms with Crippen molar-refractivity contribution < 1.29 is 18.9 Å². The van der Waals surface area contributed by atoms with E-state index < -0.39 is 4.92 Å². The molecule has 8 nitrogen and oxygen atoms in total. The van der Waals surface area contributed by atoms with Crippen LogP contribution in [0.15, 0.2) is 53.1 Å². The van der Waals surface area contributed by atoms with Crippen LogP contribution in [0.25, 0.3) is 10.8 Å². The fourth-order valence-electron chi connectivity index (χ4n) is 3.81. The highest BCUT2D eigenvalue weighted by molar-refractivity contribution is 14.1. The van der Waals surface area contributed by atoms with Crippen LogP contribution in [-0.4, -0.2) is 39.5 Å². The predicted molar refractivity (Wildman–Crippen MR) is 125 cm³/mol. The summed E-state index contributed by atoms with van der Waals surface area (Å²) >= 11 is 2.41. The smallest absolute Gasteiger partial charge is 0.287 e. The van der Waals surface area contributed by atoms with Crippen molar-refractivity contribution in [2.75, 3.05) is 13.7 Å². The van der Waals surface area contributed by atoms with Gasteiger partial charge in [0.15, 0.2) is 5.76 Å². The summed E-state index contributed by atoms with van der Waals surface area (Å²) in [6, 6.07) is 12.4. The Kier molecular flexibility index (Phi) is 6.42. The zero-order valence-electron chi connectivity index (χ0n) is 16.9. The molecular weight excluding hydrogens is 513 g/mol. The van der Waals surface area contributed by atoms with Crippen molar-refractivity contribution >= 4 is 45.0 Å². The number of hydrogen-bond donors (Lipinski definition) is 1. The number of nitrogens with one attached hydrogen (secondary N) is 1. The Morgan fingerprint density at radius 1 is 1.32 bits per heavy atom. The van der Waals surface area contributed by atoms with Gasteiger partial charge in [-0.1, -0.05) is 34.7 Å². The van der Waals surface area contributed by atoms with E-state index in [0.717, 1.165) is 31.7 Å². The number of furan rings is 1. The lowest BCUT2D eigenvalue weighted by molar-refractivity contribution is -0.384. The summed E-state index contributed by atoms with van der Waals surface area (Å²) in [5.41, 5.74) is 1.15. The van der Waals surface area contributed by atoms with Gasteiger partial charge in [0.05, 0.1) is 22.3 Å². The van der Waals surface area contributed by atoms with Gasteiger partial charge in [-0.05, 0) is 36.6 Å². The van der Waals surface area contributed by atoms with Gasteiger partial charge in [-0.25, -0.2) is 0 Å². The molecule has 31 heavy (non-hydrogen) atoms. The van der Waals surface area contributed by atoms with Crippen molar-refractivity contribution in [1.82, 2.24) is 10.2 Å². The molecule has 0 saturated carbocycles. The number of benzene rings is 2. The molecule has 1 saturated heterocycles. The monoisotopic (exact) mass is 535 g/mol. The molecule has 2 atom stereocenters. The van der Waals surface area contributed by atoms with Gasteiger partial charge in [0, 0.05) is 42.0 Å². The van der Waals surface area contributed by atoms with Crippen molar-refractivity contribution in [3.63, 3.8) is 0 Å². The summed E-state index contributed by atoms with van der Waals surface area (Å²) in [7, 11) is 1.65. The van der Waals surface area contributed by atoms with Crippen LogP contribution in [0.2, 0.25) is 0 Å². The first-order valence-corrected chi connectivity index (χ1v) is 11.2. The number of piperidine rings is 1. The maximum atomic E-state index is 12.8. The van der Waals surface area contributed by atoms with E-state index in [-0.39, 0.29) is 27.4 Å². The first-order valence-electron chi connectivity index (χ1n) is 9.92. The number of hydrogen-bond acceptors (Lipinski definition) is 6. The molecule has 4 rings (SSSR count). The molecule has 162 valence electrons. The molecule has 1 aliphatic heterocycles. The minimum Gasteiger partial charge on any atom is -0.497 e. The molecule has 3 aromatic rings. The van der Waals surface area contributed by atoms with Gasteiger partial charge < -0.3 is 14.5 Å². The lowest BCUT2D eigenvalue weighted by atomic mass is 10.0. The number of alkyl halides is 1. The van der Waals surface area contributed by atoms with E-state index in [1.165, 1.54) is 24.0 Å². The summed E-state index contributed by atoms with van der Waals surface area (Å²) in [4.78, 5) is 25.8. The fraction of sp³-hybridized carbons (Fsp3) is 0.318. The summed E-state index contributed by atoms with van der Waals surface area (Å²) in [6.45, 7) is 1.69. The molecule has 0 radical (unpaired) electrons. The minimum absolute atomic E-state index is 0.0142. The third kappa shape index (κ3) is 4.82. The number of ether oxygens (including phenoxy) is 1. The SMILES string of the molecule is COc1ccc(CN2CCC(NC(=O)c3occ4ccc([N+](=O)[O-])cc34)CC2I)cc1. The Balaban J connectivity index is 1.38. The van der Waals surface area contributed by atoms with Gasteiger partial charge in [-0.2, -0.15) is 0 Å². The number of carbonyl (C=O) groups excluding carboxylic acids is 1. The zero-order valence-corrected chi connectivity index (χ0v) is 19.1. The van der Waals surface area contributed by atoms with Gasteiger partial charge in [0.1, 0.15) is 5.75 Å². The van der Waals surface area contributed by atoms with Gasteiger partial charge >= 0.3 is 0 Å². The predicted octanol–water partition coefficient (Wildman–Crippen LogP) is 4.51. The summed E-state index contributed by atoms with van der Waals surface area (Å²) in [5.74, 6) is 0.615. The van der Waals surface area contributed by atoms with Crippen molar-refractivity contribution in [2.45, 2.75) is 29.5 Å². The van der Waals surface area contributed by atoms with Crippen LogP contribution in [0, 0.1) is 10.1 Å². The van der Waals surface area contributed by atoms with E-state index in [2.05, 4.69) is 44.9 Å². The fourth-order valence-corrected chi connectivity index (χ4v) is 4.90. The van der Waals surface area contributed by atoms with Crippen LogP contribution in [0.3, 0.4) is 0 Å². The second kappa shape index (κ2) is 9.23. The standard InChI is InChI=1S/C22H22IN3O5/c1-30-18-6-2-14(3-7-18)12-25-9-8-16(10-20(25)23)24-22(27)21-19-11-17(26(28)29)5-4-15(19)13-31-21/h2-7,11,13,16,20H,8-10,12H2,1H3,(H,24,27).